The van der Waals surface area contributed by atoms with Gasteiger partial charge < -0.3 is 10.1 Å². The largest absolute Gasteiger partial charge is 0.494 e. The number of nitrogens with one attached hydrogen (secondary N) is 2. The zero-order valence-corrected chi connectivity index (χ0v) is 14.5. The average molecular weight is 339 g/mol. The Morgan fingerprint density at radius 1 is 1.29 bits per heavy atom. The van der Waals surface area contributed by atoms with Gasteiger partial charge in [-0.2, -0.15) is 0 Å². The number of likely N-dealkylation sites (N-methyl/N-ethyl adjacent to an activating group) is 1. The Kier molecular flexibility index (Phi) is 8.78. The van der Waals surface area contributed by atoms with Crippen molar-refractivity contribution in [1.29, 1.82) is 0 Å². The molecule has 1 rings (SSSR count). The van der Waals surface area contributed by atoms with E-state index in [0.29, 0.717) is 19.6 Å². The van der Waals surface area contributed by atoms with Gasteiger partial charge >= 0.3 is 6.03 Å². The van der Waals surface area contributed by atoms with Gasteiger partial charge in [-0.1, -0.05) is 26.3 Å². The molecule has 1 aromatic rings. The number of unbranched alkanes of at least 4 members (excludes halogenated alkanes) is 1. The van der Waals surface area contributed by atoms with E-state index in [0.717, 1.165) is 18.4 Å². The van der Waals surface area contributed by atoms with Gasteiger partial charge in [-0.3, -0.25) is 15.0 Å². The van der Waals surface area contributed by atoms with Crippen LogP contribution in [0.25, 0.3) is 0 Å². The van der Waals surface area contributed by atoms with Gasteiger partial charge in [-0.15, -0.1) is 0 Å². The standard InChI is InChI=1S/C17H26FN3O3/c1-4-6-9-19-17(23)20-16(22)12-21(5-2)11-13-7-8-15(24-3)14(18)10-13/h7-8,10H,4-6,9,11-12H2,1-3H3,(H2,19,20,22,23). The van der Waals surface area contributed by atoms with E-state index in [1.54, 1.807) is 12.1 Å². The van der Waals surface area contributed by atoms with Crippen molar-refractivity contribution in [2.75, 3.05) is 26.7 Å². The maximum Gasteiger partial charge on any atom is 0.321 e. The number of carbonyl (C=O) groups is 2. The molecule has 0 spiro atoms. The lowest BCUT2D eigenvalue weighted by Gasteiger charge is -2.20. The third-order valence-corrected chi connectivity index (χ3v) is 3.51. The summed E-state index contributed by atoms with van der Waals surface area (Å²) >= 11 is 0. The molecule has 0 fully saturated rings. The van der Waals surface area contributed by atoms with E-state index in [9.17, 15) is 14.0 Å². The van der Waals surface area contributed by atoms with Gasteiger partial charge in [0.15, 0.2) is 11.6 Å². The molecule has 0 bridgehead atoms. The zero-order chi connectivity index (χ0) is 17.9. The molecule has 6 nitrogen and oxygen atoms in total. The molecular weight excluding hydrogens is 313 g/mol. The van der Waals surface area contributed by atoms with Crippen molar-refractivity contribution in [3.05, 3.63) is 29.6 Å². The number of imide groups is 1. The fraction of sp³-hybridized carbons (Fsp3) is 0.529. The third-order valence-electron chi connectivity index (χ3n) is 3.51. The van der Waals surface area contributed by atoms with Gasteiger partial charge in [0, 0.05) is 13.1 Å². The van der Waals surface area contributed by atoms with Crippen LogP contribution in [0.15, 0.2) is 18.2 Å². The molecule has 0 radical (unpaired) electrons. The van der Waals surface area contributed by atoms with E-state index >= 15 is 0 Å². The van der Waals surface area contributed by atoms with Crippen molar-refractivity contribution >= 4 is 11.9 Å². The monoisotopic (exact) mass is 339 g/mol. The second kappa shape index (κ2) is 10.6. The summed E-state index contributed by atoms with van der Waals surface area (Å²) in [5.74, 6) is -0.645. The summed E-state index contributed by atoms with van der Waals surface area (Å²) < 4.78 is 18.6. The molecule has 0 unspecified atom stereocenters. The van der Waals surface area contributed by atoms with Crippen LogP contribution in [0.5, 0.6) is 5.75 Å². The summed E-state index contributed by atoms with van der Waals surface area (Å²) in [5.41, 5.74) is 0.732. The number of hydrogen-bond acceptors (Lipinski definition) is 4. The van der Waals surface area contributed by atoms with E-state index in [-0.39, 0.29) is 18.2 Å². The van der Waals surface area contributed by atoms with E-state index in [4.69, 9.17) is 4.74 Å². The quantitative estimate of drug-likeness (QED) is 0.677. The Labute approximate surface area is 142 Å². The van der Waals surface area contributed by atoms with Crippen LogP contribution in [-0.2, 0) is 11.3 Å². The summed E-state index contributed by atoms with van der Waals surface area (Å²) in [4.78, 5) is 25.3. The Morgan fingerprint density at radius 3 is 2.62 bits per heavy atom. The highest BCUT2D eigenvalue weighted by molar-refractivity contribution is 5.95. The maximum absolute atomic E-state index is 13.7. The first-order valence-corrected chi connectivity index (χ1v) is 8.12. The van der Waals surface area contributed by atoms with Gasteiger partial charge in [0.25, 0.3) is 0 Å². The number of hydrogen-bond donors (Lipinski definition) is 2. The SMILES string of the molecule is CCCCNC(=O)NC(=O)CN(CC)Cc1ccc(OC)c(F)c1. The van der Waals surface area contributed by atoms with Crippen LogP contribution < -0.4 is 15.4 Å². The smallest absolute Gasteiger partial charge is 0.321 e. The fourth-order valence-electron chi connectivity index (χ4n) is 2.14. The number of halogens is 1. The second-order valence-corrected chi connectivity index (χ2v) is 5.43. The van der Waals surface area contributed by atoms with E-state index in [2.05, 4.69) is 10.6 Å². The summed E-state index contributed by atoms with van der Waals surface area (Å²) in [6.45, 7) is 5.52. The second-order valence-electron chi connectivity index (χ2n) is 5.43. The zero-order valence-electron chi connectivity index (χ0n) is 14.5. The molecule has 0 heterocycles. The minimum atomic E-state index is -0.486. The van der Waals surface area contributed by atoms with Crippen LogP contribution in [0.4, 0.5) is 9.18 Å². The molecule has 0 atom stereocenters. The van der Waals surface area contributed by atoms with Gasteiger partial charge in [0.1, 0.15) is 0 Å². The Morgan fingerprint density at radius 2 is 2.04 bits per heavy atom. The summed E-state index contributed by atoms with van der Waals surface area (Å²) in [6.07, 6.45) is 1.84. The third kappa shape index (κ3) is 6.95. The van der Waals surface area contributed by atoms with Crippen molar-refractivity contribution in [3.8, 4) is 5.75 Å². The van der Waals surface area contributed by atoms with Crippen molar-refractivity contribution in [3.63, 3.8) is 0 Å². The van der Waals surface area contributed by atoms with Crippen LogP contribution in [0.1, 0.15) is 32.3 Å². The first-order valence-electron chi connectivity index (χ1n) is 8.12. The molecule has 7 heteroatoms. The van der Waals surface area contributed by atoms with Crippen molar-refractivity contribution < 1.29 is 18.7 Å². The fourth-order valence-corrected chi connectivity index (χ4v) is 2.14. The lowest BCUT2D eigenvalue weighted by molar-refractivity contribution is -0.121. The van der Waals surface area contributed by atoms with Crippen LogP contribution in [0, 0.1) is 5.82 Å². The molecule has 0 aliphatic carbocycles. The number of urea groups is 1. The summed E-state index contributed by atoms with van der Waals surface area (Å²) in [6, 6.07) is 4.20. The molecule has 2 N–H and O–H groups in total. The number of amides is 3. The van der Waals surface area contributed by atoms with Crippen LogP contribution in [-0.4, -0.2) is 43.6 Å². The summed E-state index contributed by atoms with van der Waals surface area (Å²) in [5, 5.41) is 4.92. The molecule has 0 saturated heterocycles. The normalized spacial score (nSPS) is 10.5. The number of methoxy groups -OCH3 is 1. The predicted molar refractivity (Wildman–Crippen MR) is 90.4 cm³/mol. The predicted octanol–water partition coefficient (Wildman–Crippen LogP) is 2.28. The average Bonchev–Trinajstić information content (AvgIpc) is 2.54. The summed E-state index contributed by atoms with van der Waals surface area (Å²) in [7, 11) is 1.41. The van der Waals surface area contributed by atoms with E-state index in [1.807, 2.05) is 18.7 Å². The highest BCUT2D eigenvalue weighted by Gasteiger charge is 2.13. The molecule has 0 saturated carbocycles. The molecule has 24 heavy (non-hydrogen) atoms. The molecule has 0 aliphatic rings. The van der Waals surface area contributed by atoms with Gasteiger partial charge in [-0.25, -0.2) is 9.18 Å². The van der Waals surface area contributed by atoms with Crippen LogP contribution in [0.2, 0.25) is 0 Å². The maximum atomic E-state index is 13.7. The minimum absolute atomic E-state index is 0.0609. The number of benzene rings is 1. The Bertz CT molecular complexity index is 552. The van der Waals surface area contributed by atoms with Gasteiger partial charge in [0.05, 0.1) is 13.7 Å². The first kappa shape index (κ1) is 19.9. The molecule has 0 aromatic heterocycles. The Hall–Kier alpha value is -2.15. The topological polar surface area (TPSA) is 70.7 Å². The van der Waals surface area contributed by atoms with Crippen LogP contribution >= 0.6 is 0 Å². The molecular formula is C17H26FN3O3. The van der Waals surface area contributed by atoms with Gasteiger partial charge in [0.2, 0.25) is 5.91 Å². The number of nitrogens with zero attached hydrogens (tertiary/aromatic N) is 1. The molecule has 0 aliphatic heterocycles. The lowest BCUT2D eigenvalue weighted by Crippen LogP contribution is -2.44. The van der Waals surface area contributed by atoms with Crippen molar-refractivity contribution in [1.82, 2.24) is 15.5 Å². The number of ether oxygens (including phenoxy) is 1. The van der Waals surface area contributed by atoms with Crippen molar-refractivity contribution in [2.45, 2.75) is 33.2 Å². The molecule has 3 amide bonds. The lowest BCUT2D eigenvalue weighted by atomic mass is 10.2. The van der Waals surface area contributed by atoms with Crippen LogP contribution in [0.3, 0.4) is 0 Å². The highest BCUT2D eigenvalue weighted by Crippen LogP contribution is 2.18. The van der Waals surface area contributed by atoms with E-state index < -0.39 is 11.8 Å². The van der Waals surface area contributed by atoms with E-state index in [1.165, 1.54) is 13.2 Å². The first-order chi connectivity index (χ1) is 11.5. The minimum Gasteiger partial charge on any atom is -0.494 e. The van der Waals surface area contributed by atoms with Gasteiger partial charge in [-0.05, 0) is 30.7 Å². The Balaban J connectivity index is 2.50. The van der Waals surface area contributed by atoms with Crippen molar-refractivity contribution in [2.24, 2.45) is 0 Å². The molecule has 1 aromatic carbocycles. The highest BCUT2D eigenvalue weighted by atomic mass is 19.1. The number of rotatable bonds is 9. The molecule has 134 valence electrons. The number of carbonyl (C=O) groups excluding carboxylic acids is 2.